The van der Waals surface area contributed by atoms with Gasteiger partial charge in [0.1, 0.15) is 0 Å². The molecule has 2 nitrogen and oxygen atoms in total. The van der Waals surface area contributed by atoms with Crippen molar-refractivity contribution < 1.29 is 5.11 Å². The fraction of sp³-hybridized carbons (Fsp3) is 0.200. The third kappa shape index (κ3) is 3.60. The average Bonchev–Trinajstić information content (AvgIpc) is 2.41. The van der Waals surface area contributed by atoms with Crippen LogP contribution >= 0.6 is 11.8 Å². The Hall–Kier alpha value is -1.29. The number of aliphatic hydroxyl groups is 1. The number of rotatable bonds is 5. The number of hydrogen-bond donors (Lipinski definition) is 2. The van der Waals surface area contributed by atoms with Crippen LogP contribution in [0, 0.1) is 0 Å². The molecular weight excluding hydrogens is 242 g/mol. The van der Waals surface area contributed by atoms with Crippen molar-refractivity contribution in [2.75, 3.05) is 6.54 Å². The Morgan fingerprint density at radius 3 is 2.17 bits per heavy atom. The van der Waals surface area contributed by atoms with E-state index in [0.29, 0.717) is 13.0 Å². The van der Waals surface area contributed by atoms with Crippen molar-refractivity contribution >= 4 is 11.8 Å². The van der Waals surface area contributed by atoms with E-state index in [9.17, 15) is 5.11 Å². The monoisotopic (exact) mass is 259 g/mol. The van der Waals surface area contributed by atoms with E-state index in [-0.39, 0.29) is 0 Å². The molecule has 1 unspecified atom stereocenters. The largest absolute Gasteiger partial charge is 0.388 e. The Labute approximate surface area is 112 Å². The van der Waals surface area contributed by atoms with Crippen LogP contribution in [0.15, 0.2) is 64.4 Å². The Morgan fingerprint density at radius 1 is 0.944 bits per heavy atom. The van der Waals surface area contributed by atoms with E-state index in [1.807, 2.05) is 42.5 Å². The average molecular weight is 259 g/mol. The number of nitrogens with two attached hydrogens (primary N) is 1. The Morgan fingerprint density at radius 2 is 1.56 bits per heavy atom. The second kappa shape index (κ2) is 6.59. The summed E-state index contributed by atoms with van der Waals surface area (Å²) in [4.78, 5) is 2.39. The summed E-state index contributed by atoms with van der Waals surface area (Å²) in [6, 6.07) is 18.2. The van der Waals surface area contributed by atoms with Crippen molar-refractivity contribution in [2.24, 2.45) is 5.73 Å². The number of benzene rings is 2. The lowest BCUT2D eigenvalue weighted by atomic mass is 10.1. The van der Waals surface area contributed by atoms with E-state index in [1.165, 1.54) is 9.79 Å². The zero-order valence-corrected chi connectivity index (χ0v) is 10.9. The zero-order valence-electron chi connectivity index (χ0n) is 10.1. The molecule has 3 heteroatoms. The van der Waals surface area contributed by atoms with Gasteiger partial charge in [0.25, 0.3) is 0 Å². The minimum Gasteiger partial charge on any atom is -0.388 e. The summed E-state index contributed by atoms with van der Waals surface area (Å²) in [5, 5.41) is 9.81. The minimum atomic E-state index is -0.453. The molecule has 0 aliphatic carbocycles. The van der Waals surface area contributed by atoms with Crippen molar-refractivity contribution in [1.82, 2.24) is 0 Å². The molecule has 0 radical (unpaired) electrons. The predicted octanol–water partition coefficient (Wildman–Crippen LogP) is 3.22. The highest BCUT2D eigenvalue weighted by Gasteiger charge is 2.06. The molecule has 2 aromatic carbocycles. The van der Waals surface area contributed by atoms with Crippen molar-refractivity contribution in [3.8, 4) is 0 Å². The van der Waals surface area contributed by atoms with Crippen LogP contribution < -0.4 is 5.73 Å². The fourth-order valence-corrected chi connectivity index (χ4v) is 2.54. The molecule has 0 aliphatic heterocycles. The van der Waals surface area contributed by atoms with Crippen molar-refractivity contribution in [2.45, 2.75) is 22.3 Å². The van der Waals surface area contributed by atoms with Crippen LogP contribution in [0.3, 0.4) is 0 Å². The molecule has 94 valence electrons. The van der Waals surface area contributed by atoms with Crippen LogP contribution in [-0.4, -0.2) is 11.7 Å². The quantitative estimate of drug-likeness (QED) is 0.866. The van der Waals surface area contributed by atoms with E-state index in [2.05, 4.69) is 12.1 Å². The molecule has 0 saturated carbocycles. The van der Waals surface area contributed by atoms with Crippen molar-refractivity contribution in [3.63, 3.8) is 0 Å². The van der Waals surface area contributed by atoms with Gasteiger partial charge in [-0.05, 0) is 42.8 Å². The van der Waals surface area contributed by atoms with Gasteiger partial charge >= 0.3 is 0 Å². The summed E-state index contributed by atoms with van der Waals surface area (Å²) in [7, 11) is 0. The molecule has 2 aromatic rings. The highest BCUT2D eigenvalue weighted by atomic mass is 32.2. The first-order chi connectivity index (χ1) is 8.79. The maximum Gasteiger partial charge on any atom is 0.0802 e. The predicted molar refractivity (Wildman–Crippen MR) is 75.6 cm³/mol. The van der Waals surface area contributed by atoms with E-state index in [0.717, 1.165) is 5.56 Å². The second-order valence-corrected chi connectivity index (χ2v) is 5.22. The van der Waals surface area contributed by atoms with Gasteiger partial charge in [0.15, 0.2) is 0 Å². The molecule has 3 N–H and O–H groups in total. The van der Waals surface area contributed by atoms with Crippen LogP contribution in [0.1, 0.15) is 18.1 Å². The first-order valence-corrected chi connectivity index (χ1v) is 6.82. The van der Waals surface area contributed by atoms with Gasteiger partial charge < -0.3 is 10.8 Å². The first kappa shape index (κ1) is 13.1. The highest BCUT2D eigenvalue weighted by Crippen LogP contribution is 2.28. The molecule has 0 saturated heterocycles. The van der Waals surface area contributed by atoms with Gasteiger partial charge in [0, 0.05) is 9.79 Å². The van der Waals surface area contributed by atoms with Crippen LogP contribution in [0.5, 0.6) is 0 Å². The van der Waals surface area contributed by atoms with E-state index >= 15 is 0 Å². The van der Waals surface area contributed by atoms with Crippen molar-refractivity contribution in [1.29, 1.82) is 0 Å². The lowest BCUT2D eigenvalue weighted by molar-refractivity contribution is 0.170. The summed E-state index contributed by atoms with van der Waals surface area (Å²) in [6.45, 7) is 0.502. The van der Waals surface area contributed by atoms with E-state index in [4.69, 9.17) is 5.73 Å². The lowest BCUT2D eigenvalue weighted by Gasteiger charge is -2.10. The second-order valence-electron chi connectivity index (χ2n) is 4.08. The Bertz CT molecular complexity index is 470. The van der Waals surface area contributed by atoms with Gasteiger partial charge in [-0.15, -0.1) is 0 Å². The van der Waals surface area contributed by atoms with Gasteiger partial charge in [-0.1, -0.05) is 42.1 Å². The molecule has 0 aliphatic rings. The zero-order chi connectivity index (χ0) is 12.8. The highest BCUT2D eigenvalue weighted by molar-refractivity contribution is 7.99. The molecule has 0 amide bonds. The van der Waals surface area contributed by atoms with Gasteiger partial charge in [-0.25, -0.2) is 0 Å². The molecular formula is C15H17NOS. The summed E-state index contributed by atoms with van der Waals surface area (Å²) in [5.41, 5.74) is 6.36. The maximum absolute atomic E-state index is 9.81. The van der Waals surface area contributed by atoms with Gasteiger partial charge in [-0.2, -0.15) is 0 Å². The number of aliphatic hydroxyl groups excluding tert-OH is 1. The third-order valence-corrected chi connectivity index (χ3v) is 3.70. The first-order valence-electron chi connectivity index (χ1n) is 6.00. The Kier molecular flexibility index (Phi) is 4.81. The molecule has 0 heterocycles. The summed E-state index contributed by atoms with van der Waals surface area (Å²) in [6.07, 6.45) is 0.149. The van der Waals surface area contributed by atoms with Crippen LogP contribution in [0.2, 0.25) is 0 Å². The van der Waals surface area contributed by atoms with Gasteiger partial charge in [0.2, 0.25) is 0 Å². The smallest absolute Gasteiger partial charge is 0.0802 e. The molecule has 0 fully saturated rings. The third-order valence-electron chi connectivity index (χ3n) is 2.68. The molecule has 1 atom stereocenters. The molecule has 0 spiro atoms. The molecule has 0 bridgehead atoms. The SMILES string of the molecule is NCCC(O)c1ccc(Sc2ccccc2)cc1. The fourth-order valence-electron chi connectivity index (χ4n) is 1.71. The van der Waals surface area contributed by atoms with E-state index < -0.39 is 6.10 Å². The topological polar surface area (TPSA) is 46.2 Å². The standard InChI is InChI=1S/C15H17NOS/c16-11-10-15(17)12-6-8-14(9-7-12)18-13-4-2-1-3-5-13/h1-9,15,17H,10-11,16H2. The molecule has 0 aromatic heterocycles. The maximum atomic E-state index is 9.81. The summed E-state index contributed by atoms with van der Waals surface area (Å²) < 4.78 is 0. The Balaban J connectivity index is 2.04. The van der Waals surface area contributed by atoms with E-state index in [1.54, 1.807) is 11.8 Å². The summed E-state index contributed by atoms with van der Waals surface area (Å²) in [5.74, 6) is 0. The number of hydrogen-bond acceptors (Lipinski definition) is 3. The normalized spacial score (nSPS) is 12.3. The van der Waals surface area contributed by atoms with Gasteiger partial charge in [-0.3, -0.25) is 0 Å². The molecule has 18 heavy (non-hydrogen) atoms. The van der Waals surface area contributed by atoms with Crippen LogP contribution in [-0.2, 0) is 0 Å². The van der Waals surface area contributed by atoms with Crippen molar-refractivity contribution in [3.05, 3.63) is 60.2 Å². The lowest BCUT2D eigenvalue weighted by Crippen LogP contribution is -2.06. The van der Waals surface area contributed by atoms with Crippen LogP contribution in [0.4, 0.5) is 0 Å². The molecule has 2 rings (SSSR count). The summed E-state index contributed by atoms with van der Waals surface area (Å²) >= 11 is 1.72. The van der Waals surface area contributed by atoms with Crippen LogP contribution in [0.25, 0.3) is 0 Å². The van der Waals surface area contributed by atoms with Gasteiger partial charge in [0.05, 0.1) is 6.10 Å². The minimum absolute atomic E-state index is 0.453.